The van der Waals surface area contributed by atoms with E-state index in [2.05, 4.69) is 0 Å². The van der Waals surface area contributed by atoms with Crippen molar-refractivity contribution in [2.45, 2.75) is 6.42 Å². The van der Waals surface area contributed by atoms with Crippen molar-refractivity contribution in [1.29, 1.82) is 0 Å². The zero-order chi connectivity index (χ0) is 13.8. The monoisotopic (exact) mass is 296 g/mol. The van der Waals surface area contributed by atoms with E-state index in [4.69, 9.17) is 21.1 Å². The number of carbonyl (C=O) groups excluding carboxylic acids is 1. The summed E-state index contributed by atoms with van der Waals surface area (Å²) >= 11 is 7.12. The minimum Gasteiger partial charge on any atom is -0.493 e. The lowest BCUT2D eigenvalue weighted by molar-refractivity contribution is 0.0997. The summed E-state index contributed by atoms with van der Waals surface area (Å²) in [6.07, 6.45) is 0.317. The predicted molar refractivity (Wildman–Crippen MR) is 76.9 cm³/mol. The van der Waals surface area contributed by atoms with Gasteiger partial charge in [-0.1, -0.05) is 17.7 Å². The highest BCUT2D eigenvalue weighted by Crippen LogP contribution is 2.29. The summed E-state index contributed by atoms with van der Waals surface area (Å²) in [6.45, 7) is 0. The number of Topliss-reactive ketones (excluding diaryl/α,β-unsaturated/α-hetero) is 1. The van der Waals surface area contributed by atoms with Gasteiger partial charge in [-0.3, -0.25) is 4.79 Å². The van der Waals surface area contributed by atoms with E-state index in [0.29, 0.717) is 27.1 Å². The van der Waals surface area contributed by atoms with Crippen LogP contribution >= 0.6 is 22.9 Å². The van der Waals surface area contributed by atoms with E-state index in [9.17, 15) is 4.79 Å². The average molecular weight is 297 g/mol. The van der Waals surface area contributed by atoms with Crippen LogP contribution < -0.4 is 9.47 Å². The molecule has 100 valence electrons. The summed E-state index contributed by atoms with van der Waals surface area (Å²) in [5, 5.41) is 0. The predicted octanol–water partition coefficient (Wildman–Crippen LogP) is 3.84. The third-order valence-corrected chi connectivity index (χ3v) is 3.93. The molecule has 0 aliphatic carbocycles. The molecule has 5 heteroatoms. The highest BCUT2D eigenvalue weighted by atomic mass is 35.5. The largest absolute Gasteiger partial charge is 0.493 e. The molecule has 0 spiro atoms. The van der Waals surface area contributed by atoms with E-state index in [1.54, 1.807) is 32.4 Å². The number of benzene rings is 1. The van der Waals surface area contributed by atoms with E-state index in [0.717, 1.165) is 5.56 Å². The molecule has 0 N–H and O–H groups in total. The molecule has 19 heavy (non-hydrogen) atoms. The van der Waals surface area contributed by atoms with Crippen molar-refractivity contribution in [3.05, 3.63) is 45.1 Å². The number of thiophene rings is 1. The first kappa shape index (κ1) is 13.9. The number of methoxy groups -OCH3 is 2. The molecule has 0 aliphatic rings. The van der Waals surface area contributed by atoms with E-state index in [-0.39, 0.29) is 5.78 Å². The Bertz CT molecular complexity index is 592. The summed E-state index contributed by atoms with van der Waals surface area (Å²) < 4.78 is 11.0. The number of rotatable bonds is 5. The first-order valence-electron chi connectivity index (χ1n) is 5.63. The number of ether oxygens (including phenoxy) is 2. The number of carbonyl (C=O) groups is 1. The minimum atomic E-state index is 0.0455. The normalized spacial score (nSPS) is 10.3. The maximum Gasteiger partial charge on any atom is 0.177 e. The molecule has 2 aromatic rings. The van der Waals surface area contributed by atoms with Crippen molar-refractivity contribution in [3.63, 3.8) is 0 Å². The lowest BCUT2D eigenvalue weighted by atomic mass is 10.1. The highest BCUT2D eigenvalue weighted by molar-refractivity contribution is 7.18. The Morgan fingerprint density at radius 3 is 2.47 bits per heavy atom. The molecule has 1 aromatic heterocycles. The lowest BCUT2D eigenvalue weighted by Gasteiger charge is -2.08. The second-order valence-corrected chi connectivity index (χ2v) is 5.61. The minimum absolute atomic E-state index is 0.0455. The molecule has 0 aliphatic heterocycles. The Morgan fingerprint density at radius 2 is 1.89 bits per heavy atom. The molecule has 0 atom stereocenters. The fourth-order valence-electron chi connectivity index (χ4n) is 1.73. The number of hydrogen-bond acceptors (Lipinski definition) is 4. The van der Waals surface area contributed by atoms with Crippen LogP contribution in [0, 0.1) is 0 Å². The SMILES string of the molecule is COc1ccc(CC(=O)c2ccc(Cl)s2)cc1OC. The smallest absolute Gasteiger partial charge is 0.177 e. The van der Waals surface area contributed by atoms with Crippen LogP contribution in [0.2, 0.25) is 4.34 Å². The van der Waals surface area contributed by atoms with Crippen LogP contribution in [0.15, 0.2) is 30.3 Å². The molecular weight excluding hydrogens is 284 g/mol. The topological polar surface area (TPSA) is 35.5 Å². The van der Waals surface area contributed by atoms with Crippen LogP contribution in [0.1, 0.15) is 15.2 Å². The van der Waals surface area contributed by atoms with E-state index in [1.165, 1.54) is 11.3 Å². The van der Waals surface area contributed by atoms with Crippen molar-refractivity contribution >= 4 is 28.7 Å². The lowest BCUT2D eigenvalue weighted by Crippen LogP contribution is -2.01. The zero-order valence-electron chi connectivity index (χ0n) is 10.6. The summed E-state index contributed by atoms with van der Waals surface area (Å²) in [4.78, 5) is 12.7. The van der Waals surface area contributed by atoms with Crippen molar-refractivity contribution in [1.82, 2.24) is 0 Å². The molecule has 0 radical (unpaired) electrons. The molecule has 0 fully saturated rings. The van der Waals surface area contributed by atoms with Crippen molar-refractivity contribution in [2.75, 3.05) is 14.2 Å². The molecule has 0 saturated heterocycles. The Labute approximate surface area is 120 Å². The standard InChI is InChI=1S/C14H13ClO3S/c1-17-11-4-3-9(8-12(11)18-2)7-10(16)13-5-6-14(15)19-13/h3-6,8H,7H2,1-2H3. The Balaban J connectivity index is 2.17. The molecule has 1 aromatic carbocycles. The van der Waals surface area contributed by atoms with Gasteiger partial charge in [-0.2, -0.15) is 0 Å². The van der Waals surface area contributed by atoms with Gasteiger partial charge in [0.25, 0.3) is 0 Å². The van der Waals surface area contributed by atoms with Crippen LogP contribution in [0.25, 0.3) is 0 Å². The molecular formula is C14H13ClO3S. The summed E-state index contributed by atoms with van der Waals surface area (Å²) in [5.74, 6) is 1.32. The Morgan fingerprint density at radius 1 is 1.16 bits per heavy atom. The molecule has 1 heterocycles. The van der Waals surface area contributed by atoms with Crippen molar-refractivity contribution in [2.24, 2.45) is 0 Å². The van der Waals surface area contributed by atoms with Crippen molar-refractivity contribution < 1.29 is 14.3 Å². The quantitative estimate of drug-likeness (QED) is 0.786. The van der Waals surface area contributed by atoms with E-state index < -0.39 is 0 Å². The maximum absolute atomic E-state index is 12.1. The Hall–Kier alpha value is -1.52. The Kier molecular flexibility index (Phi) is 4.45. The summed E-state index contributed by atoms with van der Waals surface area (Å²) in [6, 6.07) is 8.94. The maximum atomic E-state index is 12.1. The molecule has 3 nitrogen and oxygen atoms in total. The van der Waals surface area contributed by atoms with Gasteiger partial charge in [-0.25, -0.2) is 0 Å². The van der Waals surface area contributed by atoms with E-state index in [1.807, 2.05) is 12.1 Å². The first-order chi connectivity index (χ1) is 9.13. The van der Waals surface area contributed by atoms with E-state index >= 15 is 0 Å². The molecule has 0 bridgehead atoms. The van der Waals surface area contributed by atoms with Crippen molar-refractivity contribution in [3.8, 4) is 11.5 Å². The van der Waals surface area contributed by atoms with Gasteiger partial charge in [0.1, 0.15) is 0 Å². The van der Waals surface area contributed by atoms with Crippen LogP contribution in [0.4, 0.5) is 0 Å². The molecule has 2 rings (SSSR count). The average Bonchev–Trinajstić information content (AvgIpc) is 2.85. The molecule has 0 unspecified atom stereocenters. The zero-order valence-corrected chi connectivity index (χ0v) is 12.2. The van der Waals surface area contributed by atoms with Gasteiger partial charge < -0.3 is 9.47 Å². The van der Waals surface area contributed by atoms with Gasteiger partial charge >= 0.3 is 0 Å². The van der Waals surface area contributed by atoms with Gasteiger partial charge in [-0.15, -0.1) is 11.3 Å². The fourth-order valence-corrected chi connectivity index (χ4v) is 2.71. The van der Waals surface area contributed by atoms with Crippen LogP contribution in [0.3, 0.4) is 0 Å². The van der Waals surface area contributed by atoms with Crippen LogP contribution in [-0.4, -0.2) is 20.0 Å². The summed E-state index contributed by atoms with van der Waals surface area (Å²) in [7, 11) is 3.15. The van der Waals surface area contributed by atoms with Gasteiger partial charge in [0, 0.05) is 6.42 Å². The number of halogens is 1. The van der Waals surface area contributed by atoms with Crippen LogP contribution in [-0.2, 0) is 6.42 Å². The first-order valence-corrected chi connectivity index (χ1v) is 6.83. The number of hydrogen-bond donors (Lipinski definition) is 0. The summed E-state index contributed by atoms with van der Waals surface area (Å²) in [5.41, 5.74) is 0.882. The second-order valence-electron chi connectivity index (χ2n) is 3.89. The van der Waals surface area contributed by atoms with Gasteiger partial charge in [0.15, 0.2) is 17.3 Å². The highest BCUT2D eigenvalue weighted by Gasteiger charge is 2.12. The second kappa shape index (κ2) is 6.08. The third-order valence-electron chi connectivity index (χ3n) is 2.66. The van der Waals surface area contributed by atoms with Gasteiger partial charge in [0.05, 0.1) is 23.4 Å². The van der Waals surface area contributed by atoms with Gasteiger partial charge in [-0.05, 0) is 29.8 Å². The van der Waals surface area contributed by atoms with Gasteiger partial charge in [0.2, 0.25) is 0 Å². The fraction of sp³-hybridized carbons (Fsp3) is 0.214. The molecule has 0 saturated carbocycles. The third kappa shape index (κ3) is 3.28. The number of ketones is 1. The molecule has 0 amide bonds. The van der Waals surface area contributed by atoms with Crippen LogP contribution in [0.5, 0.6) is 11.5 Å².